The van der Waals surface area contributed by atoms with Crippen LogP contribution in [0.1, 0.15) is 15.9 Å². The molecule has 0 unspecified atom stereocenters. The lowest BCUT2D eigenvalue weighted by molar-refractivity contribution is -0.137. The van der Waals surface area contributed by atoms with Gasteiger partial charge >= 0.3 is 6.18 Å². The first-order valence-electron chi connectivity index (χ1n) is 6.65. The number of benzene rings is 2. The van der Waals surface area contributed by atoms with Gasteiger partial charge in [-0.1, -0.05) is 11.6 Å². The van der Waals surface area contributed by atoms with Crippen LogP contribution in [0.4, 0.5) is 18.9 Å². The van der Waals surface area contributed by atoms with Crippen LogP contribution in [0.15, 0.2) is 36.4 Å². The number of hydrogen-bond donors (Lipinski definition) is 1. The van der Waals surface area contributed by atoms with Crippen molar-refractivity contribution >= 4 is 23.2 Å². The van der Waals surface area contributed by atoms with Gasteiger partial charge in [0.1, 0.15) is 11.5 Å². The summed E-state index contributed by atoms with van der Waals surface area (Å²) in [6.07, 6.45) is -4.54. The number of ether oxygens (including phenoxy) is 2. The Morgan fingerprint density at radius 1 is 1.04 bits per heavy atom. The molecular weight excluding hydrogens is 347 g/mol. The summed E-state index contributed by atoms with van der Waals surface area (Å²) in [7, 11) is 2.83. The van der Waals surface area contributed by atoms with Crippen LogP contribution in [0, 0.1) is 0 Å². The number of halogens is 4. The van der Waals surface area contributed by atoms with Crippen LogP contribution in [0.3, 0.4) is 0 Å². The molecule has 1 amide bonds. The molecule has 0 saturated carbocycles. The number of rotatable bonds is 4. The average Bonchev–Trinajstić information content (AvgIpc) is 2.55. The molecule has 0 saturated heterocycles. The van der Waals surface area contributed by atoms with E-state index in [9.17, 15) is 18.0 Å². The van der Waals surface area contributed by atoms with Crippen molar-refractivity contribution in [3.8, 4) is 11.5 Å². The summed E-state index contributed by atoms with van der Waals surface area (Å²) < 4.78 is 48.4. The summed E-state index contributed by atoms with van der Waals surface area (Å²) in [5.41, 5.74) is -0.900. The second-order valence-corrected chi connectivity index (χ2v) is 5.16. The summed E-state index contributed by atoms with van der Waals surface area (Å²) in [5, 5.41) is 2.35. The zero-order valence-electron chi connectivity index (χ0n) is 12.7. The fourth-order valence-electron chi connectivity index (χ4n) is 1.93. The Hall–Kier alpha value is -2.41. The highest BCUT2D eigenvalue weighted by Crippen LogP contribution is 2.34. The highest BCUT2D eigenvalue weighted by molar-refractivity contribution is 6.34. The molecule has 0 aliphatic heterocycles. The standard InChI is InChI=1S/C16H13ClF3NO3/c1-23-11-5-9(6-12(8-11)24-2)15(22)21-14-7-10(16(18,19)20)3-4-13(14)17/h3-8H,1-2H3,(H,21,22). The quantitative estimate of drug-likeness (QED) is 0.866. The number of methoxy groups -OCH3 is 2. The Kier molecular flexibility index (Phi) is 5.23. The number of anilines is 1. The smallest absolute Gasteiger partial charge is 0.416 e. The van der Waals surface area contributed by atoms with Gasteiger partial charge in [0, 0.05) is 11.6 Å². The SMILES string of the molecule is COc1cc(OC)cc(C(=O)Nc2cc(C(F)(F)F)ccc2Cl)c1. The number of amides is 1. The van der Waals surface area contributed by atoms with Gasteiger partial charge in [-0.25, -0.2) is 0 Å². The van der Waals surface area contributed by atoms with E-state index in [0.29, 0.717) is 11.5 Å². The minimum absolute atomic E-state index is 0.00814. The van der Waals surface area contributed by atoms with Gasteiger partial charge < -0.3 is 14.8 Å². The average molecular weight is 360 g/mol. The number of carbonyl (C=O) groups is 1. The van der Waals surface area contributed by atoms with Crippen molar-refractivity contribution < 1.29 is 27.4 Å². The first kappa shape index (κ1) is 17.9. The Labute approximate surface area is 141 Å². The lowest BCUT2D eigenvalue weighted by Gasteiger charge is -2.12. The second-order valence-electron chi connectivity index (χ2n) is 4.75. The molecule has 0 heterocycles. The fraction of sp³-hybridized carbons (Fsp3) is 0.188. The van der Waals surface area contributed by atoms with Gasteiger partial charge in [-0.3, -0.25) is 4.79 Å². The predicted octanol–water partition coefficient (Wildman–Crippen LogP) is 4.63. The van der Waals surface area contributed by atoms with E-state index in [4.69, 9.17) is 21.1 Å². The van der Waals surface area contributed by atoms with E-state index in [2.05, 4.69) is 5.32 Å². The topological polar surface area (TPSA) is 47.6 Å². The van der Waals surface area contributed by atoms with Crippen molar-refractivity contribution in [3.63, 3.8) is 0 Å². The minimum Gasteiger partial charge on any atom is -0.497 e. The van der Waals surface area contributed by atoms with Crippen molar-refractivity contribution in [3.05, 3.63) is 52.5 Å². The lowest BCUT2D eigenvalue weighted by atomic mass is 10.1. The number of carbonyl (C=O) groups excluding carboxylic acids is 1. The first-order chi connectivity index (χ1) is 11.2. The molecule has 0 aromatic heterocycles. The normalized spacial score (nSPS) is 11.1. The van der Waals surface area contributed by atoms with Gasteiger partial charge in [0.15, 0.2) is 0 Å². The molecule has 0 aliphatic rings. The molecular formula is C16H13ClF3NO3. The van der Waals surface area contributed by atoms with Crippen molar-refractivity contribution in [2.45, 2.75) is 6.18 Å². The molecule has 1 N–H and O–H groups in total. The molecule has 4 nitrogen and oxygen atoms in total. The zero-order valence-corrected chi connectivity index (χ0v) is 13.5. The Bertz CT molecular complexity index is 740. The molecule has 0 aliphatic carbocycles. The van der Waals surface area contributed by atoms with Crippen LogP contribution in [0.5, 0.6) is 11.5 Å². The number of nitrogens with one attached hydrogen (secondary N) is 1. The lowest BCUT2D eigenvalue weighted by Crippen LogP contribution is -2.14. The van der Waals surface area contributed by atoms with E-state index in [1.54, 1.807) is 6.07 Å². The molecule has 0 fully saturated rings. The van der Waals surface area contributed by atoms with E-state index < -0.39 is 17.6 Å². The molecule has 2 aromatic carbocycles. The molecule has 2 rings (SSSR count). The van der Waals surface area contributed by atoms with Crippen LogP contribution in [-0.4, -0.2) is 20.1 Å². The van der Waals surface area contributed by atoms with Crippen LogP contribution < -0.4 is 14.8 Å². The van der Waals surface area contributed by atoms with Crippen molar-refractivity contribution in [2.24, 2.45) is 0 Å². The van der Waals surface area contributed by atoms with Crippen LogP contribution in [0.25, 0.3) is 0 Å². The highest BCUT2D eigenvalue weighted by Gasteiger charge is 2.31. The molecule has 24 heavy (non-hydrogen) atoms. The molecule has 0 bridgehead atoms. The predicted molar refractivity (Wildman–Crippen MR) is 84.0 cm³/mol. The third-order valence-corrected chi connectivity index (χ3v) is 3.49. The Morgan fingerprint density at radius 2 is 1.62 bits per heavy atom. The third kappa shape index (κ3) is 4.11. The fourth-order valence-corrected chi connectivity index (χ4v) is 2.10. The summed E-state index contributed by atoms with van der Waals surface area (Å²) in [6.45, 7) is 0. The van der Waals surface area contributed by atoms with Gasteiger partial charge in [-0.05, 0) is 30.3 Å². The van der Waals surface area contributed by atoms with Crippen molar-refractivity contribution in [1.29, 1.82) is 0 Å². The van der Waals surface area contributed by atoms with Gasteiger partial charge in [0.2, 0.25) is 0 Å². The van der Waals surface area contributed by atoms with Crippen LogP contribution >= 0.6 is 11.6 Å². The molecule has 128 valence electrons. The molecule has 0 atom stereocenters. The first-order valence-corrected chi connectivity index (χ1v) is 7.03. The molecule has 0 radical (unpaired) electrons. The Balaban J connectivity index is 2.33. The van der Waals surface area contributed by atoms with E-state index in [1.165, 1.54) is 26.4 Å². The zero-order chi connectivity index (χ0) is 17.9. The van der Waals surface area contributed by atoms with E-state index in [-0.39, 0.29) is 16.3 Å². The maximum absolute atomic E-state index is 12.8. The van der Waals surface area contributed by atoms with Crippen LogP contribution in [0.2, 0.25) is 5.02 Å². The third-order valence-electron chi connectivity index (χ3n) is 3.16. The maximum atomic E-state index is 12.8. The van der Waals surface area contributed by atoms with Gasteiger partial charge in [-0.15, -0.1) is 0 Å². The number of hydrogen-bond acceptors (Lipinski definition) is 3. The summed E-state index contributed by atoms with van der Waals surface area (Å²) >= 11 is 5.86. The van der Waals surface area contributed by atoms with Crippen molar-refractivity contribution in [1.82, 2.24) is 0 Å². The summed E-state index contributed by atoms with van der Waals surface area (Å²) in [6, 6.07) is 7.11. The largest absolute Gasteiger partial charge is 0.497 e. The highest BCUT2D eigenvalue weighted by atomic mass is 35.5. The van der Waals surface area contributed by atoms with Gasteiger partial charge in [0.05, 0.1) is 30.5 Å². The Morgan fingerprint density at radius 3 is 2.12 bits per heavy atom. The van der Waals surface area contributed by atoms with Crippen molar-refractivity contribution in [2.75, 3.05) is 19.5 Å². The molecule has 8 heteroatoms. The number of alkyl halides is 3. The maximum Gasteiger partial charge on any atom is 0.416 e. The molecule has 2 aromatic rings. The minimum atomic E-state index is -4.54. The van der Waals surface area contributed by atoms with Gasteiger partial charge in [0.25, 0.3) is 5.91 Å². The van der Waals surface area contributed by atoms with Gasteiger partial charge in [-0.2, -0.15) is 13.2 Å². The van der Waals surface area contributed by atoms with E-state index >= 15 is 0 Å². The van der Waals surface area contributed by atoms with E-state index in [1.807, 2.05) is 0 Å². The summed E-state index contributed by atoms with van der Waals surface area (Å²) in [4.78, 5) is 12.3. The second kappa shape index (κ2) is 7.00. The molecule has 0 spiro atoms. The monoisotopic (exact) mass is 359 g/mol. The van der Waals surface area contributed by atoms with E-state index in [0.717, 1.165) is 18.2 Å². The summed E-state index contributed by atoms with van der Waals surface area (Å²) in [5.74, 6) is 0.0951. The van der Waals surface area contributed by atoms with Crippen LogP contribution in [-0.2, 0) is 6.18 Å².